The monoisotopic (exact) mass is 533 g/mol. The largest absolute Gasteiger partial charge is 0.493 e. The summed E-state index contributed by atoms with van der Waals surface area (Å²) < 4.78 is 41.9. The van der Waals surface area contributed by atoms with Crippen LogP contribution in [0.1, 0.15) is 37.7 Å². The summed E-state index contributed by atoms with van der Waals surface area (Å²) in [4.78, 5) is 14.4. The maximum Gasteiger partial charge on any atom is 0.224 e. The first-order valence-electron chi connectivity index (χ1n) is 12.2. The van der Waals surface area contributed by atoms with Gasteiger partial charge in [0.15, 0.2) is 0 Å². The van der Waals surface area contributed by atoms with E-state index in [0.717, 1.165) is 51.9 Å². The molecule has 0 unspecified atom stereocenters. The van der Waals surface area contributed by atoms with Crippen molar-refractivity contribution in [1.29, 1.82) is 0 Å². The van der Waals surface area contributed by atoms with E-state index >= 15 is 0 Å². The molecule has 9 nitrogen and oxygen atoms in total. The van der Waals surface area contributed by atoms with Gasteiger partial charge in [-0.3, -0.25) is 20.3 Å². The molecule has 0 aromatic heterocycles. The van der Waals surface area contributed by atoms with Crippen LogP contribution >= 0.6 is 11.6 Å². The number of amides is 1. The fourth-order valence-electron chi connectivity index (χ4n) is 4.44. The van der Waals surface area contributed by atoms with Crippen molar-refractivity contribution in [2.45, 2.75) is 50.2 Å². The molecule has 198 valence electrons. The predicted octanol–water partition coefficient (Wildman–Crippen LogP) is 1.12. The zero-order valence-electron chi connectivity index (χ0n) is 20.0. The Hall–Kier alpha value is -1.50. The Morgan fingerprint density at radius 2 is 1.94 bits per heavy atom. The van der Waals surface area contributed by atoms with Gasteiger partial charge in [0.05, 0.1) is 24.2 Å². The minimum atomic E-state index is -3.55. The summed E-state index contributed by atoms with van der Waals surface area (Å²) in [5.41, 5.74) is 0.261. The van der Waals surface area contributed by atoms with Gasteiger partial charge in [0.25, 0.3) is 0 Å². The number of rotatable bonds is 12. The fraction of sp³-hybridized carbons (Fsp3) is 0.696. The topological polar surface area (TPSA) is 126 Å². The molecule has 0 spiro atoms. The number of benzene rings is 1. The first kappa shape index (κ1) is 28.1. The second-order valence-corrected chi connectivity index (χ2v) is 11.6. The summed E-state index contributed by atoms with van der Waals surface area (Å²) in [6.07, 6.45) is 4.59. The third-order valence-corrected chi connectivity index (χ3v) is 7.57. The Morgan fingerprint density at radius 3 is 2.60 bits per heavy atom. The highest BCUT2D eigenvalue weighted by Gasteiger charge is 2.27. The molecule has 1 amide bonds. The highest BCUT2D eigenvalue weighted by Crippen LogP contribution is 2.24. The molecule has 2 heterocycles. The molecule has 35 heavy (non-hydrogen) atoms. The number of hydrogen-bond donors (Lipinski definition) is 4. The van der Waals surface area contributed by atoms with Crippen molar-refractivity contribution in [3.63, 3.8) is 0 Å². The maximum atomic E-state index is 14.4. The van der Waals surface area contributed by atoms with Crippen LogP contribution in [0, 0.1) is 11.7 Å². The molecule has 2 saturated heterocycles. The van der Waals surface area contributed by atoms with Gasteiger partial charge in [-0.2, -0.15) is 0 Å². The van der Waals surface area contributed by atoms with Gasteiger partial charge in [0.2, 0.25) is 15.9 Å². The molecular weight excluding hydrogens is 497 g/mol. The standard InChI is InChI=1S/C23H37ClFN5O4S/c24-19-15-28-23(29-16-19)30-9-6-17(7-10-30)3-1-11-34-20-5-4-18(21(25)14-20)13-22(31)27-8-2-12-35(26,32)33/h4-5,14,17,19,23,28-29H,1-3,6-13,15-16H2,(H,27,31)(H2,26,32,33). The second kappa shape index (κ2) is 13.7. The third-order valence-electron chi connectivity index (χ3n) is 6.41. The number of halogens is 2. The van der Waals surface area contributed by atoms with Crippen molar-refractivity contribution in [3.05, 3.63) is 29.6 Å². The Morgan fingerprint density at radius 1 is 1.23 bits per heavy atom. The van der Waals surface area contributed by atoms with Gasteiger partial charge < -0.3 is 10.1 Å². The number of sulfonamides is 1. The number of alkyl halides is 1. The Kier molecular flexibility index (Phi) is 11.0. The number of nitrogens with two attached hydrogens (primary N) is 1. The van der Waals surface area contributed by atoms with Crippen molar-refractivity contribution in [3.8, 4) is 5.75 Å². The van der Waals surface area contributed by atoms with E-state index in [-0.39, 0.29) is 48.3 Å². The van der Waals surface area contributed by atoms with Crippen molar-refractivity contribution in [2.24, 2.45) is 11.1 Å². The van der Waals surface area contributed by atoms with Crippen LogP contribution in [0.25, 0.3) is 0 Å². The lowest BCUT2D eigenvalue weighted by Crippen LogP contribution is -2.62. The van der Waals surface area contributed by atoms with E-state index < -0.39 is 15.8 Å². The van der Waals surface area contributed by atoms with E-state index in [1.807, 2.05) is 0 Å². The van der Waals surface area contributed by atoms with Gasteiger partial charge in [-0.15, -0.1) is 11.6 Å². The molecule has 1 aromatic rings. The number of ether oxygens (including phenoxy) is 1. The number of primary sulfonamides is 1. The molecule has 2 aliphatic rings. The van der Waals surface area contributed by atoms with Gasteiger partial charge >= 0.3 is 0 Å². The molecule has 12 heteroatoms. The van der Waals surface area contributed by atoms with Crippen molar-refractivity contribution in [2.75, 3.05) is 45.1 Å². The summed E-state index contributed by atoms with van der Waals surface area (Å²) in [6, 6.07) is 4.52. The van der Waals surface area contributed by atoms with E-state index in [1.54, 1.807) is 12.1 Å². The summed E-state index contributed by atoms with van der Waals surface area (Å²) in [5.74, 6) is 0.0253. The first-order chi connectivity index (χ1) is 16.7. The summed E-state index contributed by atoms with van der Waals surface area (Å²) in [7, 11) is -3.55. The smallest absolute Gasteiger partial charge is 0.224 e. The molecule has 0 bridgehead atoms. The van der Waals surface area contributed by atoms with Crippen LogP contribution in [0.4, 0.5) is 4.39 Å². The summed E-state index contributed by atoms with van der Waals surface area (Å²) >= 11 is 6.12. The third kappa shape index (κ3) is 10.2. The number of nitrogens with one attached hydrogen (secondary N) is 3. The van der Waals surface area contributed by atoms with E-state index in [9.17, 15) is 17.6 Å². The molecule has 0 aliphatic carbocycles. The summed E-state index contributed by atoms with van der Waals surface area (Å²) in [5, 5.41) is 14.5. The highest BCUT2D eigenvalue weighted by atomic mass is 35.5. The molecule has 0 saturated carbocycles. The van der Waals surface area contributed by atoms with Crippen molar-refractivity contribution >= 4 is 27.5 Å². The van der Waals surface area contributed by atoms with Gasteiger partial charge in [0, 0.05) is 38.8 Å². The number of likely N-dealkylation sites (tertiary alicyclic amines) is 1. The van der Waals surface area contributed by atoms with Crippen LogP contribution in [0.3, 0.4) is 0 Å². The van der Waals surface area contributed by atoms with Gasteiger partial charge in [-0.1, -0.05) is 6.07 Å². The number of carbonyl (C=O) groups excluding carboxylic acids is 1. The van der Waals surface area contributed by atoms with Gasteiger partial charge in [0.1, 0.15) is 17.9 Å². The Balaban J connectivity index is 1.29. The average molecular weight is 534 g/mol. The lowest BCUT2D eigenvalue weighted by atomic mass is 9.92. The van der Waals surface area contributed by atoms with Crippen LogP contribution < -0.4 is 25.8 Å². The van der Waals surface area contributed by atoms with Gasteiger partial charge in [-0.05, 0) is 49.7 Å². The van der Waals surface area contributed by atoms with Crippen LogP contribution in [0.5, 0.6) is 5.75 Å². The van der Waals surface area contributed by atoms with E-state index in [4.69, 9.17) is 21.5 Å². The molecule has 1 aromatic carbocycles. The van der Waals surface area contributed by atoms with Gasteiger partial charge in [-0.25, -0.2) is 17.9 Å². The summed E-state index contributed by atoms with van der Waals surface area (Å²) in [6.45, 7) is 4.45. The molecule has 0 radical (unpaired) electrons. The average Bonchev–Trinajstić information content (AvgIpc) is 2.82. The molecule has 2 aliphatic heterocycles. The lowest BCUT2D eigenvalue weighted by Gasteiger charge is -2.41. The first-order valence-corrected chi connectivity index (χ1v) is 14.4. The fourth-order valence-corrected chi connectivity index (χ4v) is 5.17. The lowest BCUT2D eigenvalue weighted by molar-refractivity contribution is -0.120. The normalized spacial score (nSPS) is 22.1. The number of hydrogen-bond acceptors (Lipinski definition) is 7. The van der Waals surface area contributed by atoms with Crippen molar-refractivity contribution in [1.82, 2.24) is 20.9 Å². The van der Waals surface area contributed by atoms with E-state index in [0.29, 0.717) is 18.3 Å². The minimum absolute atomic E-state index is 0.126. The zero-order valence-corrected chi connectivity index (χ0v) is 21.6. The number of piperidine rings is 1. The van der Waals surface area contributed by atoms with E-state index in [2.05, 4.69) is 20.9 Å². The molecule has 0 atom stereocenters. The molecule has 5 N–H and O–H groups in total. The Bertz CT molecular complexity index is 922. The molecule has 3 rings (SSSR count). The van der Waals surface area contributed by atoms with Crippen molar-refractivity contribution < 1.29 is 22.3 Å². The maximum absolute atomic E-state index is 14.4. The predicted molar refractivity (Wildman–Crippen MR) is 134 cm³/mol. The quantitative estimate of drug-likeness (QED) is 0.234. The molecule has 2 fully saturated rings. The SMILES string of the molecule is NS(=O)(=O)CCCNC(=O)Cc1ccc(OCCCC2CCN(C3NCC(Cl)CN3)CC2)cc1F. The number of nitrogens with zero attached hydrogens (tertiary/aromatic N) is 1. The highest BCUT2D eigenvalue weighted by molar-refractivity contribution is 7.89. The van der Waals surface area contributed by atoms with Crippen LogP contribution in [-0.2, 0) is 21.2 Å². The van der Waals surface area contributed by atoms with E-state index in [1.165, 1.54) is 6.07 Å². The number of carbonyl (C=O) groups is 1. The van der Waals surface area contributed by atoms with Crippen LogP contribution in [0.2, 0.25) is 0 Å². The zero-order chi connectivity index (χ0) is 25.3. The minimum Gasteiger partial charge on any atom is -0.493 e. The van der Waals surface area contributed by atoms with Crippen LogP contribution in [-0.4, -0.2) is 76.0 Å². The second-order valence-electron chi connectivity index (χ2n) is 9.29. The van der Waals surface area contributed by atoms with Crippen LogP contribution in [0.15, 0.2) is 18.2 Å². The molecular formula is C23H37ClFN5O4S. The Labute approximate surface area is 212 Å².